The zero-order valence-corrected chi connectivity index (χ0v) is 8.99. The van der Waals surface area contributed by atoms with Gasteiger partial charge in [-0.25, -0.2) is 8.78 Å². The van der Waals surface area contributed by atoms with Gasteiger partial charge < -0.3 is 5.32 Å². The molecule has 0 saturated carbocycles. The first-order valence-electron chi connectivity index (χ1n) is 4.97. The number of nitrogens with zero attached hydrogens (tertiary/aromatic N) is 1. The van der Waals surface area contributed by atoms with Gasteiger partial charge in [0.15, 0.2) is 11.6 Å². The first-order valence-corrected chi connectivity index (χ1v) is 4.97. The summed E-state index contributed by atoms with van der Waals surface area (Å²) in [5.41, 5.74) is -1.29. The molecule has 7 heteroatoms. The molecule has 0 saturated heterocycles. The number of pyridine rings is 1. The third kappa shape index (κ3) is 2.92. The van der Waals surface area contributed by atoms with Crippen LogP contribution in [0.5, 0.6) is 0 Å². The Balaban J connectivity index is 3.00. The van der Waals surface area contributed by atoms with Gasteiger partial charge in [0.05, 0.1) is 0 Å². The average molecular weight is 250 g/mol. The minimum atomic E-state index is -1.84. The molecule has 1 aromatic heterocycles. The van der Waals surface area contributed by atoms with Crippen LogP contribution in [0.3, 0.4) is 0 Å². The van der Waals surface area contributed by atoms with Gasteiger partial charge in [-0.2, -0.15) is 13.8 Å². The van der Waals surface area contributed by atoms with E-state index in [1.54, 1.807) is 0 Å². The van der Waals surface area contributed by atoms with Crippen molar-refractivity contribution in [3.63, 3.8) is 0 Å². The molecule has 0 unspecified atom stereocenters. The summed E-state index contributed by atoms with van der Waals surface area (Å²) in [5.74, 6) is -8.47. The average Bonchev–Trinajstić information content (AvgIpc) is 2.27. The molecule has 0 fully saturated rings. The third-order valence-corrected chi connectivity index (χ3v) is 2.04. The number of aromatic nitrogens is 1. The molecule has 0 aliphatic heterocycles. The highest BCUT2D eigenvalue weighted by molar-refractivity contribution is 5.94. The van der Waals surface area contributed by atoms with E-state index in [0.717, 1.165) is 6.42 Å². The Morgan fingerprint density at radius 2 is 1.71 bits per heavy atom. The first kappa shape index (κ1) is 13.4. The van der Waals surface area contributed by atoms with Crippen LogP contribution in [0.1, 0.15) is 30.1 Å². The van der Waals surface area contributed by atoms with Gasteiger partial charge in [0.25, 0.3) is 17.8 Å². The zero-order valence-electron chi connectivity index (χ0n) is 8.99. The molecule has 0 aliphatic carbocycles. The quantitative estimate of drug-likeness (QED) is 0.505. The van der Waals surface area contributed by atoms with E-state index in [2.05, 4.69) is 10.3 Å². The highest BCUT2D eigenvalue weighted by Crippen LogP contribution is 2.16. The molecular formula is C10H10F4N2O. The summed E-state index contributed by atoms with van der Waals surface area (Å²) in [6.07, 6.45) is 1.34. The van der Waals surface area contributed by atoms with Crippen molar-refractivity contribution in [2.24, 2.45) is 0 Å². The van der Waals surface area contributed by atoms with Crippen molar-refractivity contribution in [2.75, 3.05) is 6.54 Å². The molecular weight excluding hydrogens is 240 g/mol. The minimum Gasteiger partial charge on any atom is -0.352 e. The van der Waals surface area contributed by atoms with E-state index < -0.39 is 35.0 Å². The van der Waals surface area contributed by atoms with E-state index in [-0.39, 0.29) is 6.54 Å². The smallest absolute Gasteiger partial charge is 0.257 e. The Labute approximate surface area is 94.8 Å². The largest absolute Gasteiger partial charge is 0.352 e. The highest BCUT2D eigenvalue weighted by Gasteiger charge is 2.25. The summed E-state index contributed by atoms with van der Waals surface area (Å²) in [6.45, 7) is 2.01. The molecule has 0 radical (unpaired) electrons. The molecule has 0 spiro atoms. The predicted molar refractivity (Wildman–Crippen MR) is 51.3 cm³/mol. The standard InChI is InChI=1S/C10H10F4N2O/c1-2-3-4-15-10(17)5-6(11)8(13)16-9(14)7(5)12/h2-4H2,1H3,(H,15,17). The van der Waals surface area contributed by atoms with Crippen molar-refractivity contribution in [3.05, 3.63) is 29.1 Å². The van der Waals surface area contributed by atoms with Crippen molar-refractivity contribution in [1.29, 1.82) is 0 Å². The molecule has 3 nitrogen and oxygen atoms in total. The van der Waals surface area contributed by atoms with Crippen molar-refractivity contribution in [3.8, 4) is 0 Å². The number of carbonyl (C=O) groups excluding carboxylic acids is 1. The Bertz CT molecular complexity index is 411. The van der Waals surface area contributed by atoms with Crippen molar-refractivity contribution in [1.82, 2.24) is 10.3 Å². The molecule has 1 N–H and O–H groups in total. The van der Waals surface area contributed by atoms with Crippen molar-refractivity contribution < 1.29 is 22.4 Å². The lowest BCUT2D eigenvalue weighted by Gasteiger charge is -2.06. The summed E-state index contributed by atoms with van der Waals surface area (Å²) in [5, 5.41) is 2.16. The number of unbranched alkanes of at least 4 members (excludes halogenated alkanes) is 1. The molecule has 0 atom stereocenters. The topological polar surface area (TPSA) is 42.0 Å². The Morgan fingerprint density at radius 3 is 2.18 bits per heavy atom. The highest BCUT2D eigenvalue weighted by atomic mass is 19.2. The fraction of sp³-hybridized carbons (Fsp3) is 0.400. The number of rotatable bonds is 4. The lowest BCUT2D eigenvalue weighted by molar-refractivity contribution is 0.0941. The fourth-order valence-corrected chi connectivity index (χ4v) is 1.15. The molecule has 0 aromatic carbocycles. The van der Waals surface area contributed by atoms with Crippen LogP contribution in [0.25, 0.3) is 0 Å². The molecule has 0 bridgehead atoms. The van der Waals surface area contributed by atoms with Gasteiger partial charge in [-0.15, -0.1) is 0 Å². The van der Waals surface area contributed by atoms with Crippen LogP contribution in [0, 0.1) is 23.5 Å². The van der Waals surface area contributed by atoms with Gasteiger partial charge in [-0.1, -0.05) is 13.3 Å². The SMILES string of the molecule is CCCCNC(=O)c1c(F)c(F)nc(F)c1F. The van der Waals surface area contributed by atoms with Crippen LogP contribution >= 0.6 is 0 Å². The van der Waals surface area contributed by atoms with E-state index in [1.165, 1.54) is 0 Å². The molecule has 1 aromatic rings. The lowest BCUT2D eigenvalue weighted by atomic mass is 10.2. The molecule has 1 rings (SSSR count). The maximum atomic E-state index is 13.1. The molecule has 94 valence electrons. The Morgan fingerprint density at radius 1 is 1.18 bits per heavy atom. The van der Waals surface area contributed by atoms with Crippen molar-refractivity contribution in [2.45, 2.75) is 19.8 Å². The monoisotopic (exact) mass is 250 g/mol. The first-order chi connectivity index (χ1) is 7.99. The lowest BCUT2D eigenvalue weighted by Crippen LogP contribution is -2.27. The van der Waals surface area contributed by atoms with E-state index >= 15 is 0 Å². The Kier molecular flexibility index (Phi) is 4.42. The van der Waals surface area contributed by atoms with E-state index in [1.807, 2.05) is 6.92 Å². The molecule has 0 aliphatic rings. The summed E-state index contributed by atoms with van der Waals surface area (Å²) in [6, 6.07) is 0. The van der Waals surface area contributed by atoms with Crippen LogP contribution in [-0.4, -0.2) is 17.4 Å². The maximum Gasteiger partial charge on any atom is 0.257 e. The number of carbonyl (C=O) groups is 1. The fourth-order valence-electron chi connectivity index (χ4n) is 1.15. The summed E-state index contributed by atoms with van der Waals surface area (Å²) >= 11 is 0. The normalized spacial score (nSPS) is 10.4. The number of nitrogens with one attached hydrogen (secondary N) is 1. The van der Waals surface area contributed by atoms with Crippen LogP contribution in [0.15, 0.2) is 0 Å². The summed E-state index contributed by atoms with van der Waals surface area (Å²) in [4.78, 5) is 13.7. The number of halogens is 4. The number of hydrogen-bond donors (Lipinski definition) is 1. The van der Waals surface area contributed by atoms with Crippen LogP contribution in [0.2, 0.25) is 0 Å². The van der Waals surface area contributed by atoms with Gasteiger partial charge >= 0.3 is 0 Å². The predicted octanol–water partition coefficient (Wildman–Crippen LogP) is 2.17. The Hall–Kier alpha value is -1.66. The maximum absolute atomic E-state index is 13.1. The number of amides is 1. The van der Waals surface area contributed by atoms with Crippen molar-refractivity contribution >= 4 is 5.91 Å². The molecule has 17 heavy (non-hydrogen) atoms. The van der Waals surface area contributed by atoms with Gasteiger partial charge in [0.1, 0.15) is 5.56 Å². The van der Waals surface area contributed by atoms with Crippen LogP contribution < -0.4 is 5.32 Å². The number of hydrogen-bond acceptors (Lipinski definition) is 2. The van der Waals surface area contributed by atoms with E-state index in [9.17, 15) is 22.4 Å². The van der Waals surface area contributed by atoms with Gasteiger partial charge in [0.2, 0.25) is 0 Å². The summed E-state index contributed by atoms with van der Waals surface area (Å²) in [7, 11) is 0. The molecule has 1 amide bonds. The van der Waals surface area contributed by atoms with Gasteiger partial charge in [-0.05, 0) is 6.42 Å². The minimum absolute atomic E-state index is 0.166. The van der Waals surface area contributed by atoms with E-state index in [4.69, 9.17) is 0 Å². The van der Waals surface area contributed by atoms with Crippen LogP contribution in [-0.2, 0) is 0 Å². The molecule has 1 heterocycles. The van der Waals surface area contributed by atoms with Gasteiger partial charge in [0, 0.05) is 6.54 Å². The second kappa shape index (κ2) is 5.60. The van der Waals surface area contributed by atoms with E-state index in [0.29, 0.717) is 6.42 Å². The third-order valence-electron chi connectivity index (χ3n) is 2.04. The second-order valence-corrected chi connectivity index (χ2v) is 3.31. The zero-order chi connectivity index (χ0) is 13.0. The van der Waals surface area contributed by atoms with Gasteiger partial charge in [-0.3, -0.25) is 4.79 Å². The summed E-state index contributed by atoms with van der Waals surface area (Å²) < 4.78 is 51.6. The van der Waals surface area contributed by atoms with Crippen LogP contribution in [0.4, 0.5) is 17.6 Å². The second-order valence-electron chi connectivity index (χ2n) is 3.31.